The van der Waals surface area contributed by atoms with Crippen molar-refractivity contribution < 1.29 is 50.0 Å². The quantitative estimate of drug-likeness (QED) is 0.230. The molecule has 2 saturated carbocycles. The molecule has 0 aromatic carbocycles. The van der Waals surface area contributed by atoms with Crippen LogP contribution in [0.5, 0.6) is 0 Å². The Morgan fingerprint density at radius 2 is 1.52 bits per heavy atom. The SMILES string of the molecule is C[C@@H]1O[C@@H](OC2CC3C(O)CC(O)CC3[OH+]C2C2CCC(O)C(O)C2)[C@H](O)[C@H](O)[C@H]1O. The van der Waals surface area contributed by atoms with Crippen LogP contribution in [0.25, 0.3) is 0 Å². The number of ether oxygens (including phenoxy) is 3. The van der Waals surface area contributed by atoms with Gasteiger partial charge in [0.15, 0.2) is 18.5 Å². The summed E-state index contributed by atoms with van der Waals surface area (Å²) in [5.74, 6) is -0.286. The minimum atomic E-state index is -1.44. The second kappa shape index (κ2) is 9.46. The average Bonchev–Trinajstić information content (AvgIpc) is 2.72. The number of hydrogen-bond acceptors (Lipinski definition) is 9. The smallest absolute Gasteiger partial charge is 0.187 e. The normalized spacial score (nSPS) is 56.1. The Morgan fingerprint density at radius 1 is 0.774 bits per heavy atom. The molecule has 8 N–H and O–H groups in total. The summed E-state index contributed by atoms with van der Waals surface area (Å²) < 4.78 is 16.7. The minimum absolute atomic E-state index is 0.0748. The minimum Gasteiger partial charge on any atom is -0.427 e. The van der Waals surface area contributed by atoms with Crippen molar-refractivity contribution in [3.8, 4) is 0 Å². The van der Waals surface area contributed by atoms with E-state index >= 15 is 0 Å². The van der Waals surface area contributed by atoms with Gasteiger partial charge >= 0.3 is 0 Å². The van der Waals surface area contributed by atoms with Crippen LogP contribution in [0.15, 0.2) is 0 Å². The topological polar surface area (TPSA) is 173 Å². The molecule has 10 heteroatoms. The van der Waals surface area contributed by atoms with Gasteiger partial charge in [0.2, 0.25) is 0 Å². The van der Waals surface area contributed by atoms with E-state index in [-0.39, 0.29) is 30.5 Å². The Bertz CT molecular complexity index is 607. The fourth-order valence-corrected chi connectivity index (χ4v) is 5.80. The van der Waals surface area contributed by atoms with Gasteiger partial charge in [-0.05, 0) is 32.6 Å². The van der Waals surface area contributed by atoms with Crippen molar-refractivity contribution in [2.75, 3.05) is 0 Å². The maximum Gasteiger partial charge on any atom is 0.187 e. The van der Waals surface area contributed by atoms with Crippen molar-refractivity contribution in [2.45, 2.75) is 119 Å². The molecule has 0 bridgehead atoms. The van der Waals surface area contributed by atoms with E-state index in [1.54, 1.807) is 6.92 Å². The Kier molecular flexibility index (Phi) is 7.24. The number of fused-ring (bicyclic) bond motifs is 1. The summed E-state index contributed by atoms with van der Waals surface area (Å²) in [5.41, 5.74) is 0. The van der Waals surface area contributed by atoms with E-state index in [2.05, 4.69) is 0 Å². The summed E-state index contributed by atoms with van der Waals surface area (Å²) in [6, 6.07) is 0. The summed E-state index contributed by atoms with van der Waals surface area (Å²) >= 11 is 0. The molecule has 2 aliphatic carbocycles. The predicted molar refractivity (Wildman–Crippen MR) is 106 cm³/mol. The number of rotatable bonds is 3. The standard InChI is InChI=1S/C21H36O10/c1-8-17(26)18(27)19(28)21(29-8)31-16-7-11-13(24)5-10(22)6-15(11)30-20(16)9-2-3-12(23)14(25)4-9/h8-28H,2-7H2,1H3/p+1/t8-,9?,10?,11?,12?,13?,14?,15?,16?,17-,18+,19+,20?,21-/m0/s1. The van der Waals surface area contributed by atoms with Crippen molar-refractivity contribution in [3.63, 3.8) is 0 Å². The molecule has 4 rings (SSSR count). The molecule has 0 spiro atoms. The molecule has 2 saturated heterocycles. The third kappa shape index (κ3) is 4.79. The molecular formula is C21H37O10+. The lowest BCUT2D eigenvalue weighted by Gasteiger charge is -2.48. The number of hydrogen-bond donors (Lipinski definition) is 7. The van der Waals surface area contributed by atoms with E-state index in [0.717, 1.165) is 0 Å². The van der Waals surface area contributed by atoms with Crippen LogP contribution in [0.4, 0.5) is 0 Å². The van der Waals surface area contributed by atoms with Gasteiger partial charge < -0.3 is 50.0 Å². The first-order valence-electron chi connectivity index (χ1n) is 11.4. The zero-order valence-corrected chi connectivity index (χ0v) is 17.7. The molecule has 31 heavy (non-hydrogen) atoms. The van der Waals surface area contributed by atoms with Gasteiger partial charge in [0, 0.05) is 18.8 Å². The summed E-state index contributed by atoms with van der Waals surface area (Å²) in [7, 11) is 0. The van der Waals surface area contributed by atoms with Gasteiger partial charge in [0.25, 0.3) is 0 Å². The van der Waals surface area contributed by atoms with Crippen LogP contribution in [0.2, 0.25) is 0 Å². The van der Waals surface area contributed by atoms with E-state index in [4.69, 9.17) is 14.2 Å². The largest absolute Gasteiger partial charge is 0.427 e. The van der Waals surface area contributed by atoms with Crippen LogP contribution in [0, 0.1) is 11.8 Å². The highest BCUT2D eigenvalue weighted by Gasteiger charge is 2.54. The highest BCUT2D eigenvalue weighted by molar-refractivity contribution is 4.98. The predicted octanol–water partition coefficient (Wildman–Crippen LogP) is -2.48. The molecule has 2 heterocycles. The molecular weight excluding hydrogens is 412 g/mol. The van der Waals surface area contributed by atoms with Gasteiger partial charge in [0.1, 0.15) is 24.4 Å². The number of aliphatic hydroxyl groups excluding tert-OH is 7. The molecule has 14 atom stereocenters. The molecule has 4 fully saturated rings. The lowest BCUT2D eigenvalue weighted by Crippen LogP contribution is -2.62. The second-order valence-corrected chi connectivity index (χ2v) is 9.86. The molecule has 0 aromatic heterocycles. The summed E-state index contributed by atoms with van der Waals surface area (Å²) in [6.45, 7) is 1.58. The van der Waals surface area contributed by atoms with Crippen LogP contribution in [0.1, 0.15) is 45.4 Å². The fraction of sp³-hybridized carbons (Fsp3) is 1.00. The Hall–Kier alpha value is -0.400. The third-order valence-electron chi connectivity index (χ3n) is 7.69. The molecule has 0 aromatic rings. The second-order valence-electron chi connectivity index (χ2n) is 9.86. The highest BCUT2D eigenvalue weighted by Crippen LogP contribution is 2.42. The highest BCUT2D eigenvalue weighted by atomic mass is 16.7. The maximum atomic E-state index is 10.5. The van der Waals surface area contributed by atoms with Crippen LogP contribution in [-0.2, 0) is 9.47 Å². The van der Waals surface area contributed by atoms with Crippen LogP contribution < -0.4 is 0 Å². The van der Waals surface area contributed by atoms with Gasteiger partial charge in [-0.15, -0.1) is 0 Å². The van der Waals surface area contributed by atoms with Crippen molar-refractivity contribution in [3.05, 3.63) is 0 Å². The first kappa shape index (κ1) is 23.7. The first-order valence-corrected chi connectivity index (χ1v) is 11.4. The summed E-state index contributed by atoms with van der Waals surface area (Å²) in [5, 5.41) is 71.3. The average molecular weight is 450 g/mol. The van der Waals surface area contributed by atoms with Gasteiger partial charge in [-0.3, -0.25) is 0 Å². The fourth-order valence-electron chi connectivity index (χ4n) is 5.80. The molecule has 0 amide bonds. The lowest BCUT2D eigenvalue weighted by atomic mass is 9.72. The monoisotopic (exact) mass is 449 g/mol. The van der Waals surface area contributed by atoms with Crippen molar-refractivity contribution in [1.82, 2.24) is 0 Å². The van der Waals surface area contributed by atoms with E-state index in [1.807, 2.05) is 0 Å². The van der Waals surface area contributed by atoms with Gasteiger partial charge in [-0.25, -0.2) is 0 Å². The zero-order chi connectivity index (χ0) is 22.4. The summed E-state index contributed by atoms with van der Waals surface area (Å²) in [6.07, 6.45) is -7.57. The lowest BCUT2D eigenvalue weighted by molar-refractivity contribution is -0.353. The maximum absolute atomic E-state index is 10.5. The molecule has 0 radical (unpaired) electrons. The van der Waals surface area contributed by atoms with Gasteiger partial charge in [0.05, 0.1) is 36.4 Å². The van der Waals surface area contributed by atoms with Crippen LogP contribution >= 0.6 is 0 Å². The zero-order valence-electron chi connectivity index (χ0n) is 17.7. The Morgan fingerprint density at radius 3 is 2.23 bits per heavy atom. The van der Waals surface area contributed by atoms with E-state index in [9.17, 15) is 35.7 Å². The molecule has 180 valence electrons. The molecule has 10 nitrogen and oxygen atoms in total. The van der Waals surface area contributed by atoms with Gasteiger partial charge in [-0.2, -0.15) is 0 Å². The summed E-state index contributed by atoms with van der Waals surface area (Å²) in [4.78, 5) is 0. The third-order valence-corrected chi connectivity index (χ3v) is 7.69. The first-order chi connectivity index (χ1) is 14.7. The number of aliphatic hydroxyl groups is 9. The van der Waals surface area contributed by atoms with E-state index < -0.39 is 61.2 Å². The van der Waals surface area contributed by atoms with Crippen LogP contribution in [-0.4, -0.2) is 114 Å². The Balaban J connectivity index is 1.53. The van der Waals surface area contributed by atoms with E-state index in [0.29, 0.717) is 32.1 Å². The van der Waals surface area contributed by atoms with Gasteiger partial charge in [-0.1, -0.05) is 0 Å². The molecule has 4 aliphatic rings. The van der Waals surface area contributed by atoms with E-state index in [1.165, 1.54) is 0 Å². The molecule has 9 unspecified atom stereocenters. The Labute approximate surface area is 181 Å². The molecule has 2 aliphatic heterocycles. The van der Waals surface area contributed by atoms with Crippen LogP contribution in [0.3, 0.4) is 0 Å². The van der Waals surface area contributed by atoms with Crippen molar-refractivity contribution in [2.24, 2.45) is 11.8 Å². The van der Waals surface area contributed by atoms with Crippen molar-refractivity contribution >= 4 is 0 Å². The van der Waals surface area contributed by atoms with Crippen molar-refractivity contribution in [1.29, 1.82) is 0 Å².